The van der Waals surface area contributed by atoms with Crippen molar-refractivity contribution in [2.75, 3.05) is 0 Å². The number of hydrogen-bond donors (Lipinski definition) is 1. The average molecular weight is 469 g/mol. The predicted molar refractivity (Wildman–Crippen MR) is 123 cm³/mol. The van der Waals surface area contributed by atoms with Crippen LogP contribution in [0.3, 0.4) is 0 Å². The number of nitrogens with zero attached hydrogens (tertiary/aromatic N) is 1. The van der Waals surface area contributed by atoms with E-state index in [2.05, 4.69) is 6.07 Å². The molecule has 0 amide bonds. The quantitative estimate of drug-likeness (QED) is 0.592. The van der Waals surface area contributed by atoms with Crippen LogP contribution in [0.15, 0.2) is 65.3 Å². The second-order valence-electron chi connectivity index (χ2n) is 8.77. The van der Waals surface area contributed by atoms with E-state index in [0.29, 0.717) is 45.5 Å². The normalized spacial score (nSPS) is 19.8. The maximum atomic E-state index is 13.1. The lowest BCUT2D eigenvalue weighted by atomic mass is 9.70. The van der Waals surface area contributed by atoms with Gasteiger partial charge in [0.05, 0.1) is 10.9 Å². The topological polar surface area (TPSA) is 85.3 Å². The molecule has 0 radical (unpaired) electrons. The Morgan fingerprint density at radius 3 is 2.62 bits per heavy atom. The third kappa shape index (κ3) is 4.21. The zero-order chi connectivity index (χ0) is 23.0. The van der Waals surface area contributed by atoms with Crippen molar-refractivity contribution in [3.05, 3.63) is 86.4 Å². The Hall–Kier alpha value is -2.94. The van der Waals surface area contributed by atoms with E-state index in [4.69, 9.17) is 38.4 Å². The Bertz CT molecular complexity index is 1210. The van der Waals surface area contributed by atoms with Gasteiger partial charge in [-0.05, 0) is 29.2 Å². The second kappa shape index (κ2) is 8.54. The third-order valence-electron chi connectivity index (χ3n) is 5.71. The summed E-state index contributed by atoms with van der Waals surface area (Å²) in [4.78, 5) is 13.1. The molecule has 0 saturated carbocycles. The summed E-state index contributed by atoms with van der Waals surface area (Å²) in [5, 5.41) is 10.7. The van der Waals surface area contributed by atoms with Crippen LogP contribution >= 0.6 is 23.2 Å². The number of Topliss-reactive ketones (excluding diaryl/α,β-unsaturated/α-hetero) is 1. The van der Waals surface area contributed by atoms with Crippen molar-refractivity contribution in [1.82, 2.24) is 0 Å². The van der Waals surface area contributed by atoms with E-state index in [1.165, 1.54) is 0 Å². The highest BCUT2D eigenvalue weighted by molar-refractivity contribution is 6.32. The number of carbonyl (C=O) groups excluding carboxylic acids is 1. The van der Waals surface area contributed by atoms with Crippen molar-refractivity contribution >= 4 is 29.0 Å². The largest absolute Gasteiger partial charge is 0.487 e. The van der Waals surface area contributed by atoms with Gasteiger partial charge in [-0.2, -0.15) is 5.26 Å². The van der Waals surface area contributed by atoms with Crippen LogP contribution in [0.5, 0.6) is 5.75 Å². The summed E-state index contributed by atoms with van der Waals surface area (Å²) >= 11 is 12.7. The Morgan fingerprint density at radius 2 is 1.94 bits per heavy atom. The molecule has 0 unspecified atom stereocenters. The standard InChI is InChI=1S/C25H22Cl2N2O3/c1-25(2)10-19(30)23-21(11-25)32-24(29)16(12-28)22(23)14-7-8-20(18(27)9-14)31-13-15-5-3-4-6-17(15)26/h3-9,22H,10-11,13,29H2,1-2H3/t22-/m1/s1. The first-order valence-electron chi connectivity index (χ1n) is 10.2. The molecule has 2 aromatic rings. The van der Waals surface area contributed by atoms with E-state index in [0.717, 1.165) is 5.56 Å². The van der Waals surface area contributed by atoms with Crippen LogP contribution in [0.4, 0.5) is 0 Å². The number of allylic oxidation sites excluding steroid dienone is 3. The summed E-state index contributed by atoms with van der Waals surface area (Å²) in [5.41, 5.74) is 8.05. The Labute approximate surface area is 197 Å². The molecule has 4 rings (SSSR count). The highest BCUT2D eigenvalue weighted by Crippen LogP contribution is 2.48. The van der Waals surface area contributed by atoms with E-state index < -0.39 is 5.92 Å². The van der Waals surface area contributed by atoms with Crippen molar-refractivity contribution in [1.29, 1.82) is 5.26 Å². The van der Waals surface area contributed by atoms with E-state index >= 15 is 0 Å². The molecular formula is C25H22Cl2N2O3. The number of ether oxygens (including phenoxy) is 2. The summed E-state index contributed by atoms with van der Waals surface area (Å²) < 4.78 is 11.6. The van der Waals surface area contributed by atoms with Gasteiger partial charge < -0.3 is 15.2 Å². The number of carbonyl (C=O) groups is 1. The Balaban J connectivity index is 1.68. The number of hydrogen-bond acceptors (Lipinski definition) is 5. The molecule has 2 aromatic carbocycles. The minimum Gasteiger partial charge on any atom is -0.487 e. The fourth-order valence-electron chi connectivity index (χ4n) is 4.20. The van der Waals surface area contributed by atoms with Crippen molar-refractivity contribution in [3.8, 4) is 11.8 Å². The molecule has 0 aromatic heterocycles. The zero-order valence-electron chi connectivity index (χ0n) is 17.7. The zero-order valence-corrected chi connectivity index (χ0v) is 19.3. The molecule has 1 heterocycles. The Morgan fingerprint density at radius 1 is 1.19 bits per heavy atom. The van der Waals surface area contributed by atoms with Gasteiger partial charge in [0.15, 0.2) is 5.78 Å². The molecule has 0 bridgehead atoms. The van der Waals surface area contributed by atoms with E-state index in [1.807, 2.05) is 32.0 Å². The molecule has 0 spiro atoms. The Kier molecular flexibility index (Phi) is 5.94. The first-order chi connectivity index (χ1) is 15.2. The number of halogens is 2. The highest BCUT2D eigenvalue weighted by Gasteiger charge is 2.43. The fraction of sp³-hybridized carbons (Fsp3) is 0.280. The molecule has 2 N–H and O–H groups in total. The minimum absolute atomic E-state index is 0.0249. The molecule has 164 valence electrons. The molecule has 7 heteroatoms. The van der Waals surface area contributed by atoms with Gasteiger partial charge in [-0.15, -0.1) is 0 Å². The molecule has 2 aliphatic rings. The second-order valence-corrected chi connectivity index (χ2v) is 9.59. The maximum absolute atomic E-state index is 13.1. The number of nitrogens with two attached hydrogens (primary N) is 1. The SMILES string of the molecule is CC1(C)CC(=O)C2=C(C1)OC(N)=C(C#N)[C@H]2c1ccc(OCc2ccccc2Cl)c(Cl)c1. The van der Waals surface area contributed by atoms with Crippen molar-refractivity contribution < 1.29 is 14.3 Å². The monoisotopic (exact) mass is 468 g/mol. The summed E-state index contributed by atoms with van der Waals surface area (Å²) in [5.74, 6) is 0.363. The van der Waals surface area contributed by atoms with Crippen molar-refractivity contribution in [2.24, 2.45) is 11.1 Å². The number of nitriles is 1. The third-order valence-corrected chi connectivity index (χ3v) is 6.37. The average Bonchev–Trinajstić information content (AvgIpc) is 2.72. The van der Waals surface area contributed by atoms with Crippen LogP contribution in [0, 0.1) is 16.7 Å². The van der Waals surface area contributed by atoms with E-state index in [1.54, 1.807) is 24.3 Å². The summed E-state index contributed by atoms with van der Waals surface area (Å²) in [6.45, 7) is 4.28. The maximum Gasteiger partial charge on any atom is 0.205 e. The van der Waals surface area contributed by atoms with Gasteiger partial charge in [-0.1, -0.05) is 61.3 Å². The molecular weight excluding hydrogens is 447 g/mol. The summed E-state index contributed by atoms with van der Waals surface area (Å²) in [6, 6.07) is 14.8. The van der Waals surface area contributed by atoms with Crippen molar-refractivity contribution in [2.45, 2.75) is 39.2 Å². The smallest absolute Gasteiger partial charge is 0.205 e. The molecule has 1 aliphatic carbocycles. The number of rotatable bonds is 4. The van der Waals surface area contributed by atoms with E-state index in [-0.39, 0.29) is 29.3 Å². The molecule has 5 nitrogen and oxygen atoms in total. The van der Waals surface area contributed by atoms with Gasteiger partial charge in [-0.3, -0.25) is 4.79 Å². The first-order valence-corrected chi connectivity index (χ1v) is 11.0. The number of benzene rings is 2. The predicted octanol–water partition coefficient (Wildman–Crippen LogP) is 6.02. The fourth-order valence-corrected chi connectivity index (χ4v) is 4.64. The minimum atomic E-state index is -0.623. The van der Waals surface area contributed by atoms with Crippen LogP contribution in [-0.2, 0) is 16.1 Å². The lowest BCUT2D eigenvalue weighted by Crippen LogP contribution is -2.33. The summed E-state index contributed by atoms with van der Waals surface area (Å²) in [6.07, 6.45) is 0.938. The lowest BCUT2D eigenvalue weighted by molar-refractivity contribution is -0.119. The van der Waals surface area contributed by atoms with Gasteiger partial charge in [0, 0.05) is 29.0 Å². The van der Waals surface area contributed by atoms with Crippen LogP contribution in [0.2, 0.25) is 10.0 Å². The van der Waals surface area contributed by atoms with Gasteiger partial charge in [0.25, 0.3) is 0 Å². The van der Waals surface area contributed by atoms with Crippen LogP contribution < -0.4 is 10.5 Å². The lowest BCUT2D eigenvalue weighted by Gasteiger charge is -2.37. The van der Waals surface area contributed by atoms with Crippen molar-refractivity contribution in [3.63, 3.8) is 0 Å². The van der Waals surface area contributed by atoms with Crippen LogP contribution in [-0.4, -0.2) is 5.78 Å². The number of ketones is 1. The summed E-state index contributed by atoms with van der Waals surface area (Å²) in [7, 11) is 0. The van der Waals surface area contributed by atoms with E-state index in [9.17, 15) is 10.1 Å². The van der Waals surface area contributed by atoms with Gasteiger partial charge >= 0.3 is 0 Å². The van der Waals surface area contributed by atoms with Gasteiger partial charge in [0.2, 0.25) is 5.88 Å². The molecule has 1 aliphatic heterocycles. The molecule has 1 atom stereocenters. The molecule has 0 saturated heterocycles. The van der Waals surface area contributed by atoms with Gasteiger partial charge in [-0.25, -0.2) is 0 Å². The van der Waals surface area contributed by atoms with Gasteiger partial charge in [0.1, 0.15) is 29.8 Å². The molecule has 0 fully saturated rings. The molecule has 32 heavy (non-hydrogen) atoms. The highest BCUT2D eigenvalue weighted by atomic mass is 35.5. The first kappa shape index (κ1) is 22.3. The van der Waals surface area contributed by atoms with Crippen LogP contribution in [0.25, 0.3) is 0 Å². The van der Waals surface area contributed by atoms with Crippen LogP contribution in [0.1, 0.15) is 43.7 Å².